The Labute approximate surface area is 121 Å². The standard InChI is InChI=1S/C15H15FN2O3/c1-17(9-11-4-2-3-5-15(11)19)10-12-8-13(18(20)21)6-7-14(12)16/h2-8,19H,9-10H2,1H3. The van der Waals surface area contributed by atoms with Crippen LogP contribution >= 0.6 is 0 Å². The highest BCUT2D eigenvalue weighted by atomic mass is 19.1. The van der Waals surface area contributed by atoms with Crippen molar-refractivity contribution in [2.24, 2.45) is 0 Å². The van der Waals surface area contributed by atoms with Crippen LogP contribution in [0.25, 0.3) is 0 Å². The van der Waals surface area contributed by atoms with Gasteiger partial charge in [0.15, 0.2) is 0 Å². The number of hydrogen-bond donors (Lipinski definition) is 1. The Morgan fingerprint density at radius 2 is 1.86 bits per heavy atom. The minimum absolute atomic E-state index is 0.137. The van der Waals surface area contributed by atoms with E-state index in [1.165, 1.54) is 6.07 Å². The van der Waals surface area contributed by atoms with Gasteiger partial charge in [0.25, 0.3) is 5.69 Å². The van der Waals surface area contributed by atoms with Crippen LogP contribution < -0.4 is 0 Å². The number of phenols is 1. The molecule has 6 heteroatoms. The lowest BCUT2D eigenvalue weighted by Gasteiger charge is -2.17. The normalized spacial score (nSPS) is 10.8. The first-order chi connectivity index (χ1) is 9.97. The van der Waals surface area contributed by atoms with Crippen LogP contribution in [-0.2, 0) is 13.1 Å². The average Bonchev–Trinajstić information content (AvgIpc) is 2.43. The van der Waals surface area contributed by atoms with Crippen LogP contribution in [0.15, 0.2) is 42.5 Å². The second kappa shape index (κ2) is 6.32. The maximum absolute atomic E-state index is 13.7. The molecule has 0 aliphatic rings. The molecule has 0 aliphatic heterocycles. The Balaban J connectivity index is 2.12. The molecular weight excluding hydrogens is 275 g/mol. The molecule has 0 atom stereocenters. The molecule has 0 saturated heterocycles. The van der Waals surface area contributed by atoms with Gasteiger partial charge in [0.1, 0.15) is 11.6 Å². The average molecular weight is 290 g/mol. The summed E-state index contributed by atoms with van der Waals surface area (Å²) >= 11 is 0. The van der Waals surface area contributed by atoms with Gasteiger partial charge >= 0.3 is 0 Å². The van der Waals surface area contributed by atoms with Gasteiger partial charge in [-0.25, -0.2) is 4.39 Å². The van der Waals surface area contributed by atoms with Crippen LogP contribution in [-0.4, -0.2) is 22.0 Å². The third-order valence-electron chi connectivity index (χ3n) is 3.11. The lowest BCUT2D eigenvalue weighted by molar-refractivity contribution is -0.385. The van der Waals surface area contributed by atoms with Crippen molar-refractivity contribution in [1.82, 2.24) is 4.90 Å². The summed E-state index contributed by atoms with van der Waals surface area (Å²) in [5.41, 5.74) is 0.829. The first-order valence-electron chi connectivity index (χ1n) is 6.35. The first-order valence-corrected chi connectivity index (χ1v) is 6.35. The molecule has 0 bridgehead atoms. The van der Waals surface area contributed by atoms with E-state index in [0.717, 1.165) is 12.1 Å². The van der Waals surface area contributed by atoms with E-state index >= 15 is 0 Å². The molecule has 1 N–H and O–H groups in total. The third kappa shape index (κ3) is 3.76. The molecule has 0 unspecified atom stereocenters. The molecule has 0 amide bonds. The van der Waals surface area contributed by atoms with Crippen molar-refractivity contribution in [2.45, 2.75) is 13.1 Å². The van der Waals surface area contributed by atoms with Gasteiger partial charge in [-0.2, -0.15) is 0 Å². The van der Waals surface area contributed by atoms with Crippen LogP contribution in [0.3, 0.4) is 0 Å². The van der Waals surface area contributed by atoms with E-state index in [-0.39, 0.29) is 23.5 Å². The second-order valence-corrected chi connectivity index (χ2v) is 4.83. The molecule has 0 aromatic heterocycles. The van der Waals surface area contributed by atoms with Crippen molar-refractivity contribution in [2.75, 3.05) is 7.05 Å². The Morgan fingerprint density at radius 1 is 1.19 bits per heavy atom. The van der Waals surface area contributed by atoms with Crippen molar-refractivity contribution in [1.29, 1.82) is 0 Å². The highest BCUT2D eigenvalue weighted by Gasteiger charge is 2.13. The van der Waals surface area contributed by atoms with E-state index in [4.69, 9.17) is 0 Å². The molecule has 2 aromatic carbocycles. The molecule has 0 saturated carbocycles. The zero-order valence-corrected chi connectivity index (χ0v) is 11.5. The first kappa shape index (κ1) is 14.9. The fourth-order valence-corrected chi connectivity index (χ4v) is 2.08. The number of benzene rings is 2. The number of para-hydroxylation sites is 1. The molecule has 0 fully saturated rings. The molecule has 21 heavy (non-hydrogen) atoms. The lowest BCUT2D eigenvalue weighted by atomic mass is 10.1. The molecule has 0 aliphatic carbocycles. The summed E-state index contributed by atoms with van der Waals surface area (Å²) in [7, 11) is 1.75. The topological polar surface area (TPSA) is 66.6 Å². The largest absolute Gasteiger partial charge is 0.508 e. The molecule has 5 nitrogen and oxygen atoms in total. The highest BCUT2D eigenvalue weighted by molar-refractivity contribution is 5.35. The van der Waals surface area contributed by atoms with Gasteiger partial charge < -0.3 is 5.11 Å². The smallest absolute Gasteiger partial charge is 0.269 e. The van der Waals surface area contributed by atoms with Crippen LogP contribution in [0.5, 0.6) is 5.75 Å². The molecule has 0 heterocycles. The Hall–Kier alpha value is -2.47. The number of aromatic hydroxyl groups is 1. The van der Waals surface area contributed by atoms with Gasteiger partial charge in [0.2, 0.25) is 0 Å². The number of non-ortho nitro benzene ring substituents is 1. The minimum atomic E-state index is -0.550. The molecule has 0 radical (unpaired) electrons. The summed E-state index contributed by atoms with van der Waals surface area (Å²) in [5, 5.41) is 20.4. The predicted molar refractivity (Wildman–Crippen MR) is 76.3 cm³/mol. The SMILES string of the molecule is CN(Cc1ccccc1O)Cc1cc([N+](=O)[O-])ccc1F. The highest BCUT2D eigenvalue weighted by Crippen LogP contribution is 2.21. The van der Waals surface area contributed by atoms with E-state index in [0.29, 0.717) is 12.1 Å². The summed E-state index contributed by atoms with van der Waals surface area (Å²) in [5.74, 6) is -0.311. The molecule has 110 valence electrons. The second-order valence-electron chi connectivity index (χ2n) is 4.83. The zero-order valence-electron chi connectivity index (χ0n) is 11.5. The number of nitro groups is 1. The van der Waals surface area contributed by atoms with Gasteiger partial charge in [-0.15, -0.1) is 0 Å². The molecular formula is C15H15FN2O3. The maximum atomic E-state index is 13.7. The summed E-state index contributed by atoms with van der Waals surface area (Å²) in [4.78, 5) is 11.9. The van der Waals surface area contributed by atoms with Crippen molar-refractivity contribution in [3.63, 3.8) is 0 Å². The number of hydrogen-bond acceptors (Lipinski definition) is 4. The minimum Gasteiger partial charge on any atom is -0.508 e. The summed E-state index contributed by atoms with van der Waals surface area (Å²) in [6.45, 7) is 0.622. The van der Waals surface area contributed by atoms with Crippen molar-refractivity contribution in [3.05, 3.63) is 69.5 Å². The fourth-order valence-electron chi connectivity index (χ4n) is 2.08. The monoisotopic (exact) mass is 290 g/mol. The third-order valence-corrected chi connectivity index (χ3v) is 3.11. The summed E-state index contributed by atoms with van der Waals surface area (Å²) < 4.78 is 13.7. The van der Waals surface area contributed by atoms with Gasteiger partial charge in [-0.05, 0) is 19.2 Å². The summed E-state index contributed by atoms with van der Waals surface area (Å²) in [6, 6.07) is 10.3. The van der Waals surface area contributed by atoms with Crippen molar-refractivity contribution in [3.8, 4) is 5.75 Å². The van der Waals surface area contributed by atoms with Crippen LogP contribution in [0.4, 0.5) is 10.1 Å². The lowest BCUT2D eigenvalue weighted by Crippen LogP contribution is -2.18. The number of phenolic OH excluding ortho intramolecular Hbond substituents is 1. The van der Waals surface area contributed by atoms with Gasteiger partial charge in [-0.3, -0.25) is 15.0 Å². The van der Waals surface area contributed by atoms with Gasteiger partial charge in [-0.1, -0.05) is 18.2 Å². The van der Waals surface area contributed by atoms with E-state index < -0.39 is 10.7 Å². The van der Waals surface area contributed by atoms with Gasteiger partial charge in [0, 0.05) is 36.3 Å². The number of nitrogens with zero attached hydrogens (tertiary/aromatic N) is 2. The maximum Gasteiger partial charge on any atom is 0.269 e. The molecule has 2 rings (SSSR count). The number of halogens is 1. The summed E-state index contributed by atoms with van der Waals surface area (Å²) in [6.07, 6.45) is 0. The number of rotatable bonds is 5. The van der Waals surface area contributed by atoms with E-state index in [2.05, 4.69) is 0 Å². The van der Waals surface area contributed by atoms with Crippen LogP contribution in [0, 0.1) is 15.9 Å². The van der Waals surface area contributed by atoms with Crippen molar-refractivity contribution < 1.29 is 14.4 Å². The quantitative estimate of drug-likeness (QED) is 0.679. The Bertz CT molecular complexity index is 661. The zero-order chi connectivity index (χ0) is 15.4. The predicted octanol–water partition coefficient (Wildman–Crippen LogP) is 3.07. The molecule has 2 aromatic rings. The number of nitro benzene ring substituents is 1. The van der Waals surface area contributed by atoms with Crippen LogP contribution in [0.2, 0.25) is 0 Å². The Morgan fingerprint density at radius 3 is 2.52 bits per heavy atom. The van der Waals surface area contributed by atoms with Gasteiger partial charge in [0.05, 0.1) is 4.92 Å². The molecule has 0 spiro atoms. The fraction of sp³-hybridized carbons (Fsp3) is 0.200. The Kier molecular flexibility index (Phi) is 4.49. The van der Waals surface area contributed by atoms with Crippen LogP contribution in [0.1, 0.15) is 11.1 Å². The van der Waals surface area contributed by atoms with E-state index in [9.17, 15) is 19.6 Å². The van der Waals surface area contributed by atoms with E-state index in [1.54, 1.807) is 36.2 Å². The van der Waals surface area contributed by atoms with E-state index in [1.807, 2.05) is 0 Å². The van der Waals surface area contributed by atoms with Crippen molar-refractivity contribution >= 4 is 5.69 Å².